The first kappa shape index (κ1) is 24.4. The van der Waals surface area contributed by atoms with Crippen molar-refractivity contribution in [2.45, 2.75) is 26.7 Å². The number of nitrogens with one attached hydrogen (secondary N) is 2. The molecule has 0 saturated carbocycles. The van der Waals surface area contributed by atoms with Crippen LogP contribution in [-0.4, -0.2) is 43.8 Å². The normalized spacial score (nSPS) is 10.4. The van der Waals surface area contributed by atoms with Gasteiger partial charge in [-0.15, -0.1) is 0 Å². The lowest BCUT2D eigenvalue weighted by atomic mass is 10.2. The van der Waals surface area contributed by atoms with Gasteiger partial charge in [0.2, 0.25) is 11.8 Å². The average Bonchev–Trinajstić information content (AvgIpc) is 2.78. The van der Waals surface area contributed by atoms with E-state index in [4.69, 9.17) is 14.2 Å². The zero-order valence-corrected chi connectivity index (χ0v) is 18.1. The standard InChI is InChI=1S/C23H27N3O6/c1-3-30-19-10-8-18(9-11-19)25-21(27)12-13-22(28)26-24-15-17-6-5-7-20(14-17)32-16-23(29)31-4-2/h5-11,14-15H,3-4,12-13,16H2,1-2H3,(H,25,27)(H,26,28). The third-order valence-corrected chi connectivity index (χ3v) is 3.95. The van der Waals surface area contributed by atoms with Gasteiger partial charge in [0.1, 0.15) is 11.5 Å². The van der Waals surface area contributed by atoms with Gasteiger partial charge in [0.15, 0.2) is 6.61 Å². The third kappa shape index (κ3) is 9.29. The summed E-state index contributed by atoms with van der Waals surface area (Å²) in [4.78, 5) is 35.3. The number of nitrogens with zero attached hydrogens (tertiary/aromatic N) is 1. The summed E-state index contributed by atoms with van der Waals surface area (Å²) in [6.45, 7) is 4.28. The van der Waals surface area contributed by atoms with Crippen molar-refractivity contribution in [3.05, 3.63) is 54.1 Å². The Bertz CT molecular complexity index is 928. The van der Waals surface area contributed by atoms with Gasteiger partial charge in [-0.25, -0.2) is 10.2 Å². The Hall–Kier alpha value is -3.88. The van der Waals surface area contributed by atoms with Gasteiger partial charge in [0.05, 0.1) is 19.4 Å². The van der Waals surface area contributed by atoms with E-state index in [2.05, 4.69) is 15.8 Å². The maximum atomic E-state index is 12.0. The minimum atomic E-state index is -0.453. The molecule has 170 valence electrons. The minimum absolute atomic E-state index is 0.0110. The number of hydrazone groups is 1. The topological polar surface area (TPSA) is 115 Å². The Kier molecular flexibility index (Phi) is 10.2. The molecule has 2 aromatic carbocycles. The van der Waals surface area contributed by atoms with E-state index in [-0.39, 0.29) is 32.0 Å². The molecule has 0 aliphatic carbocycles. The molecular weight excluding hydrogens is 414 g/mol. The van der Waals surface area contributed by atoms with Gasteiger partial charge >= 0.3 is 5.97 Å². The van der Waals surface area contributed by atoms with Crippen molar-refractivity contribution in [2.24, 2.45) is 5.10 Å². The second-order valence-corrected chi connectivity index (χ2v) is 6.46. The van der Waals surface area contributed by atoms with Crippen molar-refractivity contribution in [1.29, 1.82) is 0 Å². The second-order valence-electron chi connectivity index (χ2n) is 6.46. The molecule has 0 spiro atoms. The SMILES string of the molecule is CCOC(=O)COc1cccc(C=NNC(=O)CCC(=O)Nc2ccc(OCC)cc2)c1. The molecule has 9 heteroatoms. The number of carbonyl (C=O) groups excluding carboxylic acids is 3. The quantitative estimate of drug-likeness (QED) is 0.297. The summed E-state index contributed by atoms with van der Waals surface area (Å²) in [5.74, 6) is 0.0704. The van der Waals surface area contributed by atoms with Crippen LogP contribution in [0.5, 0.6) is 11.5 Å². The van der Waals surface area contributed by atoms with Gasteiger partial charge in [-0.3, -0.25) is 9.59 Å². The Morgan fingerprint density at radius 2 is 1.66 bits per heavy atom. The largest absolute Gasteiger partial charge is 0.494 e. The fraction of sp³-hybridized carbons (Fsp3) is 0.304. The van der Waals surface area contributed by atoms with Crippen molar-refractivity contribution < 1.29 is 28.6 Å². The molecule has 0 unspecified atom stereocenters. The first-order chi connectivity index (χ1) is 15.5. The Labute approximate surface area is 186 Å². The minimum Gasteiger partial charge on any atom is -0.494 e. The number of anilines is 1. The van der Waals surface area contributed by atoms with Crippen LogP contribution in [0.1, 0.15) is 32.3 Å². The monoisotopic (exact) mass is 441 g/mol. The van der Waals surface area contributed by atoms with Crippen molar-refractivity contribution in [3.8, 4) is 11.5 Å². The zero-order chi connectivity index (χ0) is 23.2. The first-order valence-corrected chi connectivity index (χ1v) is 10.2. The van der Waals surface area contributed by atoms with Gasteiger partial charge in [-0.2, -0.15) is 5.10 Å². The molecule has 0 fully saturated rings. The molecule has 2 N–H and O–H groups in total. The number of esters is 1. The van der Waals surface area contributed by atoms with E-state index in [1.165, 1.54) is 6.21 Å². The lowest BCUT2D eigenvalue weighted by Gasteiger charge is -2.07. The molecule has 0 bridgehead atoms. The fourth-order valence-corrected chi connectivity index (χ4v) is 2.52. The first-order valence-electron chi connectivity index (χ1n) is 10.2. The van der Waals surface area contributed by atoms with Crippen molar-refractivity contribution in [2.75, 3.05) is 25.1 Å². The van der Waals surface area contributed by atoms with E-state index in [0.717, 1.165) is 5.75 Å². The van der Waals surface area contributed by atoms with E-state index in [9.17, 15) is 14.4 Å². The number of carbonyl (C=O) groups is 3. The Morgan fingerprint density at radius 3 is 2.38 bits per heavy atom. The summed E-state index contributed by atoms with van der Waals surface area (Å²) >= 11 is 0. The number of rotatable bonds is 12. The predicted octanol–water partition coefficient (Wildman–Crippen LogP) is 2.90. The number of ether oxygens (including phenoxy) is 3. The summed E-state index contributed by atoms with van der Waals surface area (Å²) in [5, 5.41) is 6.60. The molecule has 0 aliphatic heterocycles. The number of hydrogen-bond donors (Lipinski definition) is 2. The molecule has 0 aliphatic rings. The van der Waals surface area contributed by atoms with E-state index < -0.39 is 11.9 Å². The molecular formula is C23H27N3O6. The number of benzene rings is 2. The van der Waals surface area contributed by atoms with Crippen LogP contribution in [0.25, 0.3) is 0 Å². The lowest BCUT2D eigenvalue weighted by Crippen LogP contribution is -2.20. The van der Waals surface area contributed by atoms with Gasteiger partial charge in [0, 0.05) is 18.5 Å². The summed E-state index contributed by atoms with van der Waals surface area (Å²) in [5.41, 5.74) is 3.67. The van der Waals surface area contributed by atoms with Crippen LogP contribution in [0, 0.1) is 0 Å². The Morgan fingerprint density at radius 1 is 0.906 bits per heavy atom. The van der Waals surface area contributed by atoms with Gasteiger partial charge in [-0.1, -0.05) is 12.1 Å². The maximum Gasteiger partial charge on any atom is 0.344 e. The van der Waals surface area contributed by atoms with E-state index in [1.807, 2.05) is 6.92 Å². The average molecular weight is 441 g/mol. The molecule has 0 aromatic heterocycles. The molecule has 0 atom stereocenters. The van der Waals surface area contributed by atoms with Crippen LogP contribution in [0.15, 0.2) is 53.6 Å². The third-order valence-electron chi connectivity index (χ3n) is 3.95. The van der Waals surface area contributed by atoms with Crippen molar-refractivity contribution in [3.63, 3.8) is 0 Å². The van der Waals surface area contributed by atoms with Crippen LogP contribution < -0.4 is 20.2 Å². The molecule has 2 aromatic rings. The molecule has 9 nitrogen and oxygen atoms in total. The van der Waals surface area contributed by atoms with Gasteiger partial charge < -0.3 is 19.5 Å². The summed E-state index contributed by atoms with van der Waals surface area (Å²) in [6.07, 6.45) is 1.45. The lowest BCUT2D eigenvalue weighted by molar-refractivity contribution is -0.145. The predicted molar refractivity (Wildman–Crippen MR) is 120 cm³/mol. The van der Waals surface area contributed by atoms with E-state index >= 15 is 0 Å². The van der Waals surface area contributed by atoms with Crippen LogP contribution in [0.2, 0.25) is 0 Å². The van der Waals surface area contributed by atoms with Crippen molar-refractivity contribution >= 4 is 29.7 Å². The maximum absolute atomic E-state index is 12.0. The molecule has 0 radical (unpaired) electrons. The summed E-state index contributed by atoms with van der Waals surface area (Å²) in [7, 11) is 0. The Balaban J connectivity index is 1.72. The summed E-state index contributed by atoms with van der Waals surface area (Å²) in [6, 6.07) is 13.8. The van der Waals surface area contributed by atoms with Gasteiger partial charge in [0.25, 0.3) is 0 Å². The van der Waals surface area contributed by atoms with Crippen LogP contribution in [0.4, 0.5) is 5.69 Å². The number of hydrogen-bond acceptors (Lipinski definition) is 7. The van der Waals surface area contributed by atoms with Crippen LogP contribution in [-0.2, 0) is 19.1 Å². The highest BCUT2D eigenvalue weighted by Gasteiger charge is 2.07. The number of amides is 2. The summed E-state index contributed by atoms with van der Waals surface area (Å²) < 4.78 is 15.5. The van der Waals surface area contributed by atoms with Crippen LogP contribution in [0.3, 0.4) is 0 Å². The van der Waals surface area contributed by atoms with E-state index in [1.54, 1.807) is 55.5 Å². The highest BCUT2D eigenvalue weighted by atomic mass is 16.6. The molecule has 0 heterocycles. The second kappa shape index (κ2) is 13.4. The smallest absolute Gasteiger partial charge is 0.344 e. The highest BCUT2D eigenvalue weighted by Crippen LogP contribution is 2.16. The molecule has 32 heavy (non-hydrogen) atoms. The van der Waals surface area contributed by atoms with Crippen LogP contribution >= 0.6 is 0 Å². The molecule has 2 rings (SSSR count). The van der Waals surface area contributed by atoms with Gasteiger partial charge in [-0.05, 0) is 55.8 Å². The molecule has 0 saturated heterocycles. The zero-order valence-electron chi connectivity index (χ0n) is 18.1. The van der Waals surface area contributed by atoms with Crippen molar-refractivity contribution in [1.82, 2.24) is 5.43 Å². The highest BCUT2D eigenvalue weighted by molar-refractivity contribution is 5.93. The van der Waals surface area contributed by atoms with E-state index in [0.29, 0.717) is 23.6 Å². The molecule has 2 amide bonds. The fourth-order valence-electron chi connectivity index (χ4n) is 2.52.